The second-order valence-corrected chi connectivity index (χ2v) is 11.4. The van der Waals surface area contributed by atoms with Gasteiger partial charge >= 0.3 is 11.9 Å². The van der Waals surface area contributed by atoms with E-state index >= 15 is 0 Å². The molecule has 1 rings (SSSR count). The molecule has 0 bridgehead atoms. The van der Waals surface area contributed by atoms with Gasteiger partial charge in [0.1, 0.15) is 0 Å². The van der Waals surface area contributed by atoms with Crippen molar-refractivity contribution in [3.05, 3.63) is 0 Å². The summed E-state index contributed by atoms with van der Waals surface area (Å²) < 4.78 is 0. The number of rotatable bonds is 12. The maximum atomic E-state index is 11.9. The molecule has 212 valence electrons. The number of nitrogens with one attached hydrogen (secondary N) is 2. The van der Waals surface area contributed by atoms with Crippen molar-refractivity contribution in [2.75, 3.05) is 39.3 Å². The van der Waals surface area contributed by atoms with Crippen LogP contribution in [0.4, 0.5) is 0 Å². The van der Waals surface area contributed by atoms with Gasteiger partial charge in [-0.2, -0.15) is 0 Å². The predicted molar refractivity (Wildman–Crippen MR) is 147 cm³/mol. The van der Waals surface area contributed by atoms with E-state index in [-0.39, 0.29) is 37.3 Å². The molecule has 8 heteroatoms. The first-order chi connectivity index (χ1) is 17.0. The first kappa shape index (κ1) is 32.8. The predicted octanol–water partition coefficient (Wildman–Crippen LogP) is 3.61. The van der Waals surface area contributed by atoms with Crippen LogP contribution in [0.25, 0.3) is 0 Å². The molecule has 36 heavy (non-hydrogen) atoms. The Labute approximate surface area is 220 Å². The fourth-order valence-corrected chi connectivity index (χ4v) is 5.42. The lowest BCUT2D eigenvalue weighted by atomic mass is 9.90. The molecule has 0 amide bonds. The minimum Gasteiger partial charge on any atom is -0.480 e. The molecule has 0 spiro atoms. The van der Waals surface area contributed by atoms with Crippen LogP contribution in [-0.4, -0.2) is 95.4 Å². The molecule has 1 fully saturated rings. The summed E-state index contributed by atoms with van der Waals surface area (Å²) in [5, 5.41) is 27.2. The van der Waals surface area contributed by atoms with Gasteiger partial charge in [0, 0.05) is 50.3 Å². The normalized spacial score (nSPS) is 28.9. The van der Waals surface area contributed by atoms with Crippen molar-refractivity contribution < 1.29 is 19.8 Å². The quantitative estimate of drug-likeness (QED) is 0.314. The second-order valence-electron chi connectivity index (χ2n) is 11.4. The third kappa shape index (κ3) is 10.3. The summed E-state index contributed by atoms with van der Waals surface area (Å²) in [5.74, 6) is -0.180. The highest BCUT2D eigenvalue weighted by Crippen LogP contribution is 2.22. The van der Waals surface area contributed by atoms with Crippen LogP contribution in [0.3, 0.4) is 0 Å². The van der Waals surface area contributed by atoms with E-state index in [9.17, 15) is 19.8 Å². The number of hydrogen-bond acceptors (Lipinski definition) is 6. The zero-order chi connectivity index (χ0) is 27.4. The lowest BCUT2D eigenvalue weighted by molar-refractivity contribution is -0.140. The summed E-state index contributed by atoms with van der Waals surface area (Å²) in [6.07, 6.45) is 3.93. The van der Waals surface area contributed by atoms with Gasteiger partial charge in [0.2, 0.25) is 0 Å². The van der Waals surface area contributed by atoms with E-state index in [0.29, 0.717) is 49.9 Å². The van der Waals surface area contributed by atoms with Gasteiger partial charge in [0.05, 0.1) is 13.1 Å². The Kier molecular flexibility index (Phi) is 15.1. The van der Waals surface area contributed by atoms with Crippen LogP contribution >= 0.6 is 0 Å². The first-order valence-corrected chi connectivity index (χ1v) is 14.4. The highest BCUT2D eigenvalue weighted by Gasteiger charge is 2.34. The minimum absolute atomic E-state index is 0.0270. The number of hydrogen-bond donors (Lipinski definition) is 4. The molecule has 1 saturated heterocycles. The van der Waals surface area contributed by atoms with Crippen LogP contribution in [0.1, 0.15) is 81.1 Å². The third-order valence-corrected chi connectivity index (χ3v) is 8.92. The maximum absolute atomic E-state index is 11.9. The maximum Gasteiger partial charge on any atom is 0.317 e. The number of carboxylic acids is 2. The molecule has 4 N–H and O–H groups in total. The Bertz CT molecular complexity index is 595. The van der Waals surface area contributed by atoms with Crippen LogP contribution in [0.5, 0.6) is 0 Å². The molecule has 8 atom stereocenters. The standard InChI is InChI=1S/C28H56N4O4/c1-9-19(5)23-15-31(17-27(33)34)26(22(8)12-4)14-30-24(20(6)10-2)16-32(18-28(35)36)25(13-29-23)21(7)11-3/h19-26,29-30H,9-18H2,1-8H3,(H,33,34)(H,35,36)/t19-,20-,21-,22-,23-,24-,25-,26-/m1/s1. The lowest BCUT2D eigenvalue weighted by Gasteiger charge is -2.44. The zero-order valence-corrected chi connectivity index (χ0v) is 24.3. The second kappa shape index (κ2) is 16.6. The highest BCUT2D eigenvalue weighted by atomic mass is 16.4. The van der Waals surface area contributed by atoms with E-state index < -0.39 is 11.9 Å². The lowest BCUT2D eigenvalue weighted by Crippen LogP contribution is -2.61. The largest absolute Gasteiger partial charge is 0.480 e. The monoisotopic (exact) mass is 512 g/mol. The zero-order valence-electron chi connectivity index (χ0n) is 24.3. The van der Waals surface area contributed by atoms with Gasteiger partial charge in [-0.1, -0.05) is 81.1 Å². The fraction of sp³-hybridized carbons (Fsp3) is 0.929. The van der Waals surface area contributed by atoms with Crippen LogP contribution in [0.15, 0.2) is 0 Å². The molecule has 1 heterocycles. The van der Waals surface area contributed by atoms with Crippen LogP contribution in [0.2, 0.25) is 0 Å². The third-order valence-electron chi connectivity index (χ3n) is 8.92. The van der Waals surface area contributed by atoms with E-state index in [4.69, 9.17) is 0 Å². The summed E-state index contributed by atoms with van der Waals surface area (Å²) in [6.45, 7) is 20.3. The molecule has 8 nitrogen and oxygen atoms in total. The molecule has 0 aromatic heterocycles. The van der Waals surface area contributed by atoms with Gasteiger partial charge in [0.25, 0.3) is 0 Å². The Balaban J connectivity index is 3.53. The number of nitrogens with zero attached hydrogens (tertiary/aromatic N) is 2. The van der Waals surface area contributed by atoms with E-state index in [1.54, 1.807) is 0 Å². The number of carbonyl (C=O) groups is 2. The molecular weight excluding hydrogens is 456 g/mol. The van der Waals surface area contributed by atoms with Crippen molar-refractivity contribution in [2.24, 2.45) is 23.7 Å². The molecule has 0 aromatic carbocycles. The van der Waals surface area contributed by atoms with Gasteiger partial charge in [-0.05, 0) is 23.7 Å². The Morgan fingerprint density at radius 3 is 1.22 bits per heavy atom. The van der Waals surface area contributed by atoms with Gasteiger partial charge in [0.15, 0.2) is 0 Å². The number of carboxylic acid groups (broad SMARTS) is 2. The van der Waals surface area contributed by atoms with E-state index in [1.807, 2.05) is 0 Å². The highest BCUT2D eigenvalue weighted by molar-refractivity contribution is 5.69. The van der Waals surface area contributed by atoms with Gasteiger partial charge in [-0.15, -0.1) is 0 Å². The SMILES string of the molecule is CC[C@@H](C)[C@H]1CN[C@@H]([C@H](C)CC)CN(CC(=O)O)[C@@H]([C@H](C)CC)CN[C@@H]([C@H](C)CC)CN1CC(=O)O. The van der Waals surface area contributed by atoms with Crippen molar-refractivity contribution in [3.63, 3.8) is 0 Å². The Morgan fingerprint density at radius 1 is 0.667 bits per heavy atom. The van der Waals surface area contributed by atoms with Gasteiger partial charge in [-0.25, -0.2) is 0 Å². The van der Waals surface area contributed by atoms with Crippen molar-refractivity contribution in [3.8, 4) is 0 Å². The van der Waals surface area contributed by atoms with E-state index in [2.05, 4.69) is 75.8 Å². The summed E-state index contributed by atoms with van der Waals surface area (Å²) in [4.78, 5) is 28.2. The van der Waals surface area contributed by atoms with Crippen molar-refractivity contribution >= 4 is 11.9 Å². The smallest absolute Gasteiger partial charge is 0.317 e. The first-order valence-electron chi connectivity index (χ1n) is 14.4. The van der Waals surface area contributed by atoms with E-state index in [0.717, 1.165) is 25.7 Å². The van der Waals surface area contributed by atoms with Crippen LogP contribution in [-0.2, 0) is 9.59 Å². The Hall–Kier alpha value is -1.22. The van der Waals surface area contributed by atoms with Gasteiger partial charge in [-0.3, -0.25) is 19.4 Å². The van der Waals surface area contributed by atoms with Crippen molar-refractivity contribution in [1.29, 1.82) is 0 Å². The molecule has 0 radical (unpaired) electrons. The molecule has 0 aromatic rings. The average Bonchev–Trinajstić information content (AvgIpc) is 2.83. The van der Waals surface area contributed by atoms with Crippen LogP contribution < -0.4 is 10.6 Å². The number of aliphatic carboxylic acids is 2. The summed E-state index contributed by atoms with van der Waals surface area (Å²) in [7, 11) is 0. The molecule has 1 aliphatic heterocycles. The Morgan fingerprint density at radius 2 is 0.972 bits per heavy atom. The summed E-state index contributed by atoms with van der Waals surface area (Å²) in [5.41, 5.74) is 0. The molecule has 0 unspecified atom stereocenters. The molecule has 0 aliphatic carbocycles. The van der Waals surface area contributed by atoms with Crippen molar-refractivity contribution in [1.82, 2.24) is 20.4 Å². The fourth-order valence-electron chi connectivity index (χ4n) is 5.42. The van der Waals surface area contributed by atoms with Crippen LogP contribution in [0, 0.1) is 23.7 Å². The summed E-state index contributed by atoms with van der Waals surface area (Å²) in [6, 6.07) is 0.431. The molecule has 1 aliphatic rings. The topological polar surface area (TPSA) is 105 Å². The molecular formula is C28H56N4O4. The summed E-state index contributed by atoms with van der Waals surface area (Å²) >= 11 is 0. The minimum atomic E-state index is -0.790. The van der Waals surface area contributed by atoms with E-state index in [1.165, 1.54) is 0 Å². The van der Waals surface area contributed by atoms with Crippen molar-refractivity contribution in [2.45, 2.75) is 105 Å². The van der Waals surface area contributed by atoms with Gasteiger partial charge < -0.3 is 20.8 Å². The molecule has 0 saturated carbocycles. The average molecular weight is 513 g/mol.